The molecule has 8 nitrogen and oxygen atoms in total. The summed E-state index contributed by atoms with van der Waals surface area (Å²) < 4.78 is 15.3. The van der Waals surface area contributed by atoms with Gasteiger partial charge in [-0.15, -0.1) is 0 Å². The number of amides is 1. The Labute approximate surface area is 192 Å². The quantitative estimate of drug-likeness (QED) is 0.633. The zero-order valence-corrected chi connectivity index (χ0v) is 19.4. The number of nitriles is 1. The highest BCUT2D eigenvalue weighted by molar-refractivity contribution is 9.10. The number of carbonyl (C=O) groups is 1. The van der Waals surface area contributed by atoms with Gasteiger partial charge in [0.1, 0.15) is 23.0 Å². The van der Waals surface area contributed by atoms with Crippen molar-refractivity contribution in [1.82, 2.24) is 14.8 Å². The van der Waals surface area contributed by atoms with Crippen molar-refractivity contribution in [2.75, 3.05) is 63.2 Å². The van der Waals surface area contributed by atoms with Gasteiger partial charge in [0.05, 0.1) is 15.2 Å². The number of rotatable bonds is 3. The van der Waals surface area contributed by atoms with Crippen LogP contribution in [0.5, 0.6) is 0 Å². The molecule has 1 N–H and O–H groups in total. The minimum absolute atomic E-state index is 0.126. The number of piperazine rings is 1. The molecule has 3 heterocycles. The van der Waals surface area contributed by atoms with E-state index in [1.807, 2.05) is 23.9 Å². The van der Waals surface area contributed by atoms with Gasteiger partial charge in [0.15, 0.2) is 5.82 Å². The Hall–Kier alpha value is -2.35. The van der Waals surface area contributed by atoms with Gasteiger partial charge >= 0.3 is 6.09 Å². The molecule has 1 aromatic heterocycles. The Kier molecular flexibility index (Phi) is 5.85. The van der Waals surface area contributed by atoms with Crippen LogP contribution in [0.4, 0.5) is 20.7 Å². The molecule has 164 valence electrons. The van der Waals surface area contributed by atoms with Gasteiger partial charge < -0.3 is 24.7 Å². The molecule has 1 aromatic carbocycles. The largest absolute Gasteiger partial charge is 0.465 e. The van der Waals surface area contributed by atoms with Crippen LogP contribution >= 0.6 is 27.5 Å². The molecular formula is C20H21BrClFN6O2. The van der Waals surface area contributed by atoms with Crippen LogP contribution in [0.25, 0.3) is 10.9 Å². The smallest absolute Gasteiger partial charge is 0.407 e. The highest BCUT2D eigenvalue weighted by Crippen LogP contribution is 2.42. The first-order valence-electron chi connectivity index (χ1n) is 9.78. The fourth-order valence-corrected chi connectivity index (χ4v) is 4.51. The lowest BCUT2D eigenvalue weighted by Crippen LogP contribution is -2.58. The van der Waals surface area contributed by atoms with Crippen LogP contribution in [0.1, 0.15) is 5.56 Å². The monoisotopic (exact) mass is 510 g/mol. The van der Waals surface area contributed by atoms with Crippen molar-refractivity contribution in [3.8, 4) is 6.07 Å². The van der Waals surface area contributed by atoms with E-state index < -0.39 is 11.9 Å². The van der Waals surface area contributed by atoms with Gasteiger partial charge in [-0.3, -0.25) is 0 Å². The molecule has 0 saturated carbocycles. The Morgan fingerprint density at radius 2 is 1.97 bits per heavy atom. The van der Waals surface area contributed by atoms with Crippen LogP contribution in [-0.2, 0) is 0 Å². The molecule has 2 saturated heterocycles. The normalized spacial score (nSPS) is 17.3. The van der Waals surface area contributed by atoms with E-state index >= 15 is 4.39 Å². The van der Waals surface area contributed by atoms with Gasteiger partial charge in [-0.05, 0) is 36.1 Å². The molecule has 0 bridgehead atoms. The summed E-state index contributed by atoms with van der Waals surface area (Å²) in [6.07, 6.45) is -0.978. The molecule has 1 amide bonds. The lowest BCUT2D eigenvalue weighted by Gasteiger charge is -2.44. The van der Waals surface area contributed by atoms with Crippen molar-refractivity contribution < 1.29 is 14.3 Å². The molecule has 0 aliphatic carbocycles. The number of nitrogens with zero attached hydrogens (tertiary/aromatic N) is 6. The van der Waals surface area contributed by atoms with E-state index in [0.717, 1.165) is 0 Å². The molecule has 0 unspecified atom stereocenters. The van der Waals surface area contributed by atoms with Crippen LogP contribution in [0.2, 0.25) is 5.02 Å². The van der Waals surface area contributed by atoms with Crippen molar-refractivity contribution in [2.24, 2.45) is 0 Å². The van der Waals surface area contributed by atoms with Crippen LogP contribution < -0.4 is 9.80 Å². The fraction of sp³-hybridized carbons (Fsp3) is 0.450. The second-order valence-electron chi connectivity index (χ2n) is 7.93. The van der Waals surface area contributed by atoms with Gasteiger partial charge in [0.2, 0.25) is 0 Å². The minimum Gasteiger partial charge on any atom is -0.465 e. The van der Waals surface area contributed by atoms with E-state index in [0.29, 0.717) is 67.8 Å². The predicted octanol–water partition coefficient (Wildman–Crippen LogP) is 3.21. The molecule has 2 fully saturated rings. The van der Waals surface area contributed by atoms with Crippen LogP contribution in [0.3, 0.4) is 0 Å². The third-order valence-corrected chi connectivity index (χ3v) is 7.24. The van der Waals surface area contributed by atoms with Crippen LogP contribution in [0.15, 0.2) is 10.5 Å². The van der Waals surface area contributed by atoms with E-state index in [1.54, 1.807) is 6.07 Å². The lowest BCUT2D eigenvalue weighted by atomic mass is 10.0. The van der Waals surface area contributed by atoms with Crippen molar-refractivity contribution in [3.05, 3.63) is 26.9 Å². The number of pyridine rings is 1. The molecule has 11 heteroatoms. The predicted molar refractivity (Wildman–Crippen MR) is 121 cm³/mol. The summed E-state index contributed by atoms with van der Waals surface area (Å²) in [6, 6.07) is 4.21. The molecule has 0 atom stereocenters. The first kappa shape index (κ1) is 21.9. The second kappa shape index (κ2) is 8.30. The van der Waals surface area contributed by atoms with Gasteiger partial charge in [-0.1, -0.05) is 11.6 Å². The molecule has 2 aliphatic rings. The molecule has 2 aliphatic heterocycles. The summed E-state index contributed by atoms with van der Waals surface area (Å²) in [6.45, 7) is 2.72. The topological polar surface area (TPSA) is 86.9 Å². The molecular weight excluding hydrogens is 491 g/mol. The van der Waals surface area contributed by atoms with E-state index in [4.69, 9.17) is 11.6 Å². The zero-order chi connectivity index (χ0) is 22.4. The number of anilines is 2. The van der Waals surface area contributed by atoms with E-state index in [1.165, 1.54) is 4.90 Å². The number of carboxylic acid groups (broad SMARTS) is 1. The Morgan fingerprint density at radius 3 is 2.52 bits per heavy atom. The van der Waals surface area contributed by atoms with Gasteiger partial charge in [0, 0.05) is 50.7 Å². The maximum absolute atomic E-state index is 15.2. The van der Waals surface area contributed by atoms with Crippen LogP contribution in [0, 0.1) is 17.1 Å². The lowest BCUT2D eigenvalue weighted by molar-refractivity contribution is 0.142. The summed E-state index contributed by atoms with van der Waals surface area (Å²) in [7, 11) is 3.99. The summed E-state index contributed by atoms with van der Waals surface area (Å²) >= 11 is 9.42. The highest BCUT2D eigenvalue weighted by Gasteiger charge is 2.34. The maximum atomic E-state index is 15.2. The van der Waals surface area contributed by atoms with Crippen LogP contribution in [-0.4, -0.2) is 85.4 Å². The summed E-state index contributed by atoms with van der Waals surface area (Å²) in [5.74, 6) is -0.139. The minimum atomic E-state index is -0.978. The SMILES string of the molecule is CN(C)C1CN(c2nc3c(F)c(Br)c(Cl)cc3c(N3CCN(C(=O)O)CC3)c2C#N)C1. The van der Waals surface area contributed by atoms with Gasteiger partial charge in [-0.25, -0.2) is 14.2 Å². The third-order valence-electron chi connectivity index (χ3n) is 5.94. The number of hydrogen-bond donors (Lipinski definition) is 1. The average molecular weight is 512 g/mol. The fourth-order valence-electron chi connectivity index (χ4n) is 4.01. The van der Waals surface area contributed by atoms with Crippen molar-refractivity contribution >= 4 is 56.0 Å². The van der Waals surface area contributed by atoms with E-state index in [-0.39, 0.29) is 15.0 Å². The number of aromatic nitrogens is 1. The zero-order valence-electron chi connectivity index (χ0n) is 17.1. The first-order chi connectivity index (χ1) is 14.7. The molecule has 2 aromatic rings. The number of halogens is 3. The second-order valence-corrected chi connectivity index (χ2v) is 9.13. The summed E-state index contributed by atoms with van der Waals surface area (Å²) in [4.78, 5) is 23.2. The Morgan fingerprint density at radius 1 is 1.32 bits per heavy atom. The number of likely N-dealkylation sites (N-methyl/N-ethyl adjacent to an activating group) is 1. The molecule has 0 radical (unpaired) electrons. The summed E-state index contributed by atoms with van der Waals surface area (Å²) in [5.41, 5.74) is 1.04. The number of fused-ring (bicyclic) bond motifs is 1. The average Bonchev–Trinajstić information content (AvgIpc) is 2.70. The molecule has 0 spiro atoms. The maximum Gasteiger partial charge on any atom is 0.407 e. The van der Waals surface area contributed by atoms with Gasteiger partial charge in [0.25, 0.3) is 0 Å². The molecule has 4 rings (SSSR count). The third kappa shape index (κ3) is 3.75. The Balaban J connectivity index is 1.86. The standard InChI is InChI=1S/C20H21BrClFN6O2/c1-26(2)11-9-29(10-11)19-13(8-24)18(27-3-5-28(6-4-27)20(30)31)12-7-14(22)15(21)16(23)17(12)25-19/h7,11H,3-6,9-10H2,1-2H3,(H,30,31). The highest BCUT2D eigenvalue weighted by atomic mass is 79.9. The molecule has 31 heavy (non-hydrogen) atoms. The summed E-state index contributed by atoms with van der Waals surface area (Å²) in [5, 5.41) is 20.0. The number of benzene rings is 1. The van der Waals surface area contributed by atoms with Crippen molar-refractivity contribution in [1.29, 1.82) is 5.26 Å². The number of hydrogen-bond acceptors (Lipinski definition) is 6. The first-order valence-corrected chi connectivity index (χ1v) is 11.0. The van der Waals surface area contributed by atoms with E-state index in [2.05, 4.69) is 31.9 Å². The Bertz CT molecular complexity index is 1090. The van der Waals surface area contributed by atoms with Crippen molar-refractivity contribution in [3.63, 3.8) is 0 Å². The van der Waals surface area contributed by atoms with E-state index in [9.17, 15) is 15.2 Å². The van der Waals surface area contributed by atoms with Crippen molar-refractivity contribution in [2.45, 2.75) is 6.04 Å². The van der Waals surface area contributed by atoms with Gasteiger partial charge in [-0.2, -0.15) is 5.26 Å².